The van der Waals surface area contributed by atoms with Crippen LogP contribution in [0.15, 0.2) is 97.5 Å². The predicted molar refractivity (Wildman–Crippen MR) is 171 cm³/mol. The molecule has 2 aromatic carbocycles. The highest BCUT2D eigenvalue weighted by Crippen LogP contribution is 2.25. The molecule has 8 heteroatoms. The Balaban J connectivity index is 1.03. The number of nitrogens with zero attached hydrogens (tertiary/aromatic N) is 5. The summed E-state index contributed by atoms with van der Waals surface area (Å²) in [7, 11) is 1.90. The third-order valence-electron chi connectivity index (χ3n) is 8.46. The molecule has 0 spiro atoms. The zero-order chi connectivity index (χ0) is 29.4. The minimum absolute atomic E-state index is 0.0565. The van der Waals surface area contributed by atoms with Gasteiger partial charge in [0.1, 0.15) is 0 Å². The van der Waals surface area contributed by atoms with E-state index < -0.39 is 0 Å². The summed E-state index contributed by atoms with van der Waals surface area (Å²) >= 11 is 0. The minimum atomic E-state index is 0.0565. The molecule has 0 saturated carbocycles. The number of amides is 1. The maximum atomic E-state index is 13.0. The first-order valence-electron chi connectivity index (χ1n) is 15.2. The molecule has 3 aromatic heterocycles. The molecule has 5 aromatic rings. The van der Waals surface area contributed by atoms with Crippen molar-refractivity contribution in [1.82, 2.24) is 29.7 Å². The smallest absolute Gasteiger partial charge is 0.253 e. The van der Waals surface area contributed by atoms with Crippen molar-refractivity contribution in [2.75, 3.05) is 38.5 Å². The number of hydrogen-bond donors (Lipinski definition) is 2. The van der Waals surface area contributed by atoms with Gasteiger partial charge in [0.2, 0.25) is 5.95 Å². The number of rotatable bonds is 11. The standard InChI is InChI=1S/C35H39N7O/c1-41(34(43)27-8-3-2-4-9-27)25-29(26-13-19-36-20-14-26)15-21-42-22-16-30(17-23-42)38-35-39-32-12-7-10-28(33(32)40-35)24-31-11-5-6-18-37-31/h2-14,18-20,29-30H,15-17,21-25H2,1H3,(H2,38,39,40). The lowest BCUT2D eigenvalue weighted by molar-refractivity contribution is 0.0782. The molecule has 1 atom stereocenters. The Hall–Kier alpha value is -4.56. The van der Waals surface area contributed by atoms with Gasteiger partial charge in [0.15, 0.2) is 0 Å². The fourth-order valence-electron chi connectivity index (χ4n) is 6.05. The monoisotopic (exact) mass is 573 g/mol. The van der Waals surface area contributed by atoms with Gasteiger partial charge in [-0.25, -0.2) is 4.98 Å². The lowest BCUT2D eigenvalue weighted by Crippen LogP contribution is -2.40. The number of benzene rings is 2. The van der Waals surface area contributed by atoms with Crippen molar-refractivity contribution in [1.29, 1.82) is 0 Å². The van der Waals surface area contributed by atoms with E-state index >= 15 is 0 Å². The molecule has 1 saturated heterocycles. The Bertz CT molecular complexity index is 1600. The van der Waals surface area contributed by atoms with Gasteiger partial charge in [-0.3, -0.25) is 14.8 Å². The van der Waals surface area contributed by atoms with E-state index in [-0.39, 0.29) is 11.8 Å². The molecule has 1 unspecified atom stereocenters. The van der Waals surface area contributed by atoms with E-state index in [0.717, 1.165) is 73.6 Å². The van der Waals surface area contributed by atoms with Crippen molar-refractivity contribution in [2.45, 2.75) is 37.6 Å². The van der Waals surface area contributed by atoms with Crippen molar-refractivity contribution in [3.8, 4) is 0 Å². The molecule has 1 fully saturated rings. The van der Waals surface area contributed by atoms with Crippen molar-refractivity contribution in [3.63, 3.8) is 0 Å². The lowest BCUT2D eigenvalue weighted by Gasteiger charge is -2.33. The van der Waals surface area contributed by atoms with Gasteiger partial charge in [-0.2, -0.15) is 0 Å². The topological polar surface area (TPSA) is 90.0 Å². The van der Waals surface area contributed by atoms with E-state index in [9.17, 15) is 4.79 Å². The highest BCUT2D eigenvalue weighted by atomic mass is 16.2. The molecule has 43 heavy (non-hydrogen) atoms. The Morgan fingerprint density at radius 2 is 1.77 bits per heavy atom. The summed E-state index contributed by atoms with van der Waals surface area (Å²) in [5.41, 5.74) is 6.22. The van der Waals surface area contributed by atoms with Gasteiger partial charge >= 0.3 is 0 Å². The number of para-hydroxylation sites is 1. The summed E-state index contributed by atoms with van der Waals surface area (Å²) in [6.45, 7) is 3.73. The summed E-state index contributed by atoms with van der Waals surface area (Å²) < 4.78 is 0. The number of fused-ring (bicyclic) bond motifs is 1. The van der Waals surface area contributed by atoms with Crippen molar-refractivity contribution in [3.05, 3.63) is 120 Å². The summed E-state index contributed by atoms with van der Waals surface area (Å²) in [5.74, 6) is 1.14. The molecular formula is C35H39N7O. The molecule has 1 amide bonds. The summed E-state index contributed by atoms with van der Waals surface area (Å²) in [5, 5.41) is 3.67. The van der Waals surface area contributed by atoms with Crippen LogP contribution in [-0.4, -0.2) is 74.9 Å². The number of likely N-dealkylation sites (tertiary alicyclic amines) is 1. The van der Waals surface area contributed by atoms with Crippen LogP contribution in [0.2, 0.25) is 0 Å². The van der Waals surface area contributed by atoms with E-state index in [1.54, 1.807) is 0 Å². The number of piperidine rings is 1. The first-order chi connectivity index (χ1) is 21.1. The number of aromatic nitrogens is 4. The Kier molecular flexibility index (Phi) is 9.04. The molecule has 1 aliphatic heterocycles. The van der Waals surface area contributed by atoms with Crippen LogP contribution in [-0.2, 0) is 6.42 Å². The third-order valence-corrected chi connectivity index (χ3v) is 8.46. The Morgan fingerprint density at radius 1 is 0.977 bits per heavy atom. The number of imidazole rings is 1. The molecule has 0 aliphatic carbocycles. The van der Waals surface area contributed by atoms with Crippen LogP contribution in [0.1, 0.15) is 52.4 Å². The molecule has 1 aliphatic rings. The first-order valence-corrected chi connectivity index (χ1v) is 15.2. The zero-order valence-electron chi connectivity index (χ0n) is 24.7. The van der Waals surface area contributed by atoms with E-state index in [4.69, 9.17) is 4.98 Å². The van der Waals surface area contributed by atoms with Crippen molar-refractivity contribution in [2.24, 2.45) is 0 Å². The molecule has 0 bridgehead atoms. The van der Waals surface area contributed by atoms with E-state index in [0.29, 0.717) is 12.6 Å². The number of carbonyl (C=O) groups is 1. The summed E-state index contributed by atoms with van der Waals surface area (Å²) in [6.07, 6.45) is 9.39. The second-order valence-electron chi connectivity index (χ2n) is 11.5. The molecule has 2 N–H and O–H groups in total. The molecular weight excluding hydrogens is 534 g/mol. The largest absolute Gasteiger partial charge is 0.353 e. The number of carbonyl (C=O) groups excluding carboxylic acids is 1. The summed E-state index contributed by atoms with van der Waals surface area (Å²) in [4.78, 5) is 34.6. The predicted octanol–water partition coefficient (Wildman–Crippen LogP) is 5.77. The van der Waals surface area contributed by atoms with Crippen LogP contribution in [0, 0.1) is 0 Å². The highest BCUT2D eigenvalue weighted by molar-refractivity contribution is 5.94. The minimum Gasteiger partial charge on any atom is -0.353 e. The van der Waals surface area contributed by atoms with Crippen LogP contribution in [0.3, 0.4) is 0 Å². The lowest BCUT2D eigenvalue weighted by atomic mass is 9.94. The maximum Gasteiger partial charge on any atom is 0.253 e. The first kappa shape index (κ1) is 28.6. The molecule has 8 nitrogen and oxygen atoms in total. The second kappa shape index (κ2) is 13.6. The number of H-pyrrole nitrogens is 1. The number of pyridine rings is 2. The average Bonchev–Trinajstić information content (AvgIpc) is 3.48. The fraction of sp³-hybridized carbons (Fsp3) is 0.314. The Labute approximate surface area is 253 Å². The number of likely N-dealkylation sites (N-methyl/N-ethyl adjacent to an activating group) is 1. The van der Waals surface area contributed by atoms with Crippen LogP contribution >= 0.6 is 0 Å². The van der Waals surface area contributed by atoms with Crippen LogP contribution in [0.25, 0.3) is 11.0 Å². The molecule has 220 valence electrons. The molecule has 4 heterocycles. The van der Waals surface area contributed by atoms with E-state index in [1.165, 1.54) is 11.1 Å². The van der Waals surface area contributed by atoms with Gasteiger partial charge in [0, 0.05) is 74.9 Å². The number of nitrogens with one attached hydrogen (secondary N) is 2. The fourth-order valence-corrected chi connectivity index (χ4v) is 6.05. The van der Waals surface area contributed by atoms with Crippen molar-refractivity contribution >= 4 is 22.9 Å². The van der Waals surface area contributed by atoms with E-state index in [2.05, 4.69) is 61.6 Å². The Morgan fingerprint density at radius 3 is 2.53 bits per heavy atom. The zero-order valence-corrected chi connectivity index (χ0v) is 24.7. The van der Waals surface area contributed by atoms with Gasteiger partial charge in [-0.1, -0.05) is 36.4 Å². The maximum absolute atomic E-state index is 13.0. The SMILES string of the molecule is CN(CC(CCN1CCC(Nc2nc3c(Cc4ccccn4)cccc3[nH]2)CC1)c1ccncc1)C(=O)c1ccccc1. The van der Waals surface area contributed by atoms with Gasteiger partial charge in [0.25, 0.3) is 5.91 Å². The number of anilines is 1. The van der Waals surface area contributed by atoms with Crippen molar-refractivity contribution < 1.29 is 4.79 Å². The number of hydrogen-bond acceptors (Lipinski definition) is 6. The van der Waals surface area contributed by atoms with Gasteiger partial charge in [0.05, 0.1) is 11.0 Å². The highest BCUT2D eigenvalue weighted by Gasteiger charge is 2.23. The van der Waals surface area contributed by atoms with Gasteiger partial charge in [-0.05, 0) is 79.4 Å². The quantitative estimate of drug-likeness (QED) is 0.209. The second-order valence-corrected chi connectivity index (χ2v) is 11.5. The molecule has 6 rings (SSSR count). The normalized spacial score (nSPS) is 14.9. The average molecular weight is 574 g/mol. The van der Waals surface area contributed by atoms with Crippen LogP contribution < -0.4 is 5.32 Å². The molecule has 0 radical (unpaired) electrons. The van der Waals surface area contributed by atoms with Crippen LogP contribution in [0.5, 0.6) is 0 Å². The van der Waals surface area contributed by atoms with E-state index in [1.807, 2.05) is 73.0 Å². The van der Waals surface area contributed by atoms with Gasteiger partial charge < -0.3 is 20.1 Å². The third kappa shape index (κ3) is 7.27. The number of aromatic amines is 1. The summed E-state index contributed by atoms with van der Waals surface area (Å²) in [6, 6.07) is 26.4. The van der Waals surface area contributed by atoms with Crippen LogP contribution in [0.4, 0.5) is 5.95 Å². The van der Waals surface area contributed by atoms with Gasteiger partial charge in [-0.15, -0.1) is 0 Å².